The maximum atomic E-state index is 12.5. The van der Waals surface area contributed by atoms with Crippen molar-refractivity contribution in [3.63, 3.8) is 0 Å². The number of benzene rings is 1. The smallest absolute Gasteiger partial charge is 0.246 e. The maximum absolute atomic E-state index is 12.5. The van der Waals surface area contributed by atoms with Gasteiger partial charge in [-0.15, -0.1) is 0 Å². The molecule has 2 aromatic rings. The molecule has 1 fully saturated rings. The molecule has 3 rings (SSSR count). The lowest BCUT2D eigenvalue weighted by Crippen LogP contribution is -2.42. The number of sulfonamides is 1. The molecule has 1 N–H and O–H groups in total. The Hall–Kier alpha value is -2.52. The van der Waals surface area contributed by atoms with Gasteiger partial charge < -0.3 is 9.84 Å². The Kier molecular flexibility index (Phi) is 6.25. The Labute approximate surface area is 164 Å². The molecule has 1 aromatic heterocycles. The fourth-order valence-electron chi connectivity index (χ4n) is 3.02. The molecule has 8 nitrogen and oxygen atoms in total. The van der Waals surface area contributed by atoms with Crippen molar-refractivity contribution in [3.8, 4) is 0 Å². The number of hydrogen-bond acceptors (Lipinski definition) is 6. The highest BCUT2D eigenvalue weighted by Gasteiger charge is 2.30. The lowest BCUT2D eigenvalue weighted by molar-refractivity contribution is -0.126. The fraction of sp³-hybridized carbons (Fsp3) is 0.421. The average molecular weight is 404 g/mol. The van der Waals surface area contributed by atoms with Crippen molar-refractivity contribution in [1.82, 2.24) is 19.8 Å². The molecule has 0 radical (unpaired) electrons. The summed E-state index contributed by atoms with van der Waals surface area (Å²) in [5.41, 5.74) is 1.95. The first-order valence-corrected chi connectivity index (χ1v) is 10.7. The van der Waals surface area contributed by atoms with Gasteiger partial charge in [-0.25, -0.2) is 8.42 Å². The average Bonchev–Trinajstić information content (AvgIpc) is 3.11. The van der Waals surface area contributed by atoms with Crippen molar-refractivity contribution >= 4 is 22.0 Å². The summed E-state index contributed by atoms with van der Waals surface area (Å²) in [4.78, 5) is 16.3. The van der Waals surface area contributed by atoms with Crippen LogP contribution in [0.25, 0.3) is 6.08 Å². The van der Waals surface area contributed by atoms with E-state index < -0.39 is 10.0 Å². The minimum absolute atomic E-state index is 0.122. The standard InChI is InChI=1S/C19H24N4O4S/c1-14-3-5-16(6-4-14)9-12-28(25,26)23-10-7-17(8-11-23)19(24)20-13-18-21-15(2)22-27-18/h3-6,9,12,17H,7-8,10-11,13H2,1-2H3,(H,20,24). The van der Waals surface area contributed by atoms with Crippen LogP contribution < -0.4 is 5.32 Å². The van der Waals surface area contributed by atoms with Crippen LogP contribution in [0.5, 0.6) is 0 Å². The third-order valence-electron chi connectivity index (χ3n) is 4.68. The number of aryl methyl sites for hydroxylation is 2. The van der Waals surface area contributed by atoms with Gasteiger partial charge in [0.1, 0.15) is 0 Å². The van der Waals surface area contributed by atoms with Gasteiger partial charge in [-0.2, -0.15) is 9.29 Å². The van der Waals surface area contributed by atoms with Gasteiger partial charge >= 0.3 is 0 Å². The van der Waals surface area contributed by atoms with Crippen molar-refractivity contribution in [1.29, 1.82) is 0 Å². The molecule has 1 amide bonds. The Balaban J connectivity index is 1.50. The van der Waals surface area contributed by atoms with E-state index in [4.69, 9.17) is 4.52 Å². The zero-order chi connectivity index (χ0) is 20.1. The Morgan fingerprint density at radius 1 is 1.25 bits per heavy atom. The second kappa shape index (κ2) is 8.66. The lowest BCUT2D eigenvalue weighted by atomic mass is 9.97. The molecule has 0 spiro atoms. The highest BCUT2D eigenvalue weighted by molar-refractivity contribution is 7.92. The first-order valence-electron chi connectivity index (χ1n) is 9.15. The van der Waals surface area contributed by atoms with Gasteiger partial charge in [0.15, 0.2) is 5.82 Å². The predicted octanol–water partition coefficient (Wildman–Crippen LogP) is 2.02. The molecule has 1 aliphatic rings. The second-order valence-corrected chi connectivity index (χ2v) is 8.70. The number of carbonyl (C=O) groups excluding carboxylic acids is 1. The summed E-state index contributed by atoms with van der Waals surface area (Å²) in [6.45, 7) is 4.50. The molecule has 1 aliphatic heterocycles. The summed E-state index contributed by atoms with van der Waals surface area (Å²) in [6, 6.07) is 7.63. The van der Waals surface area contributed by atoms with E-state index in [1.165, 1.54) is 9.71 Å². The Morgan fingerprint density at radius 3 is 2.54 bits per heavy atom. The molecule has 1 aromatic carbocycles. The third kappa shape index (κ3) is 5.26. The highest BCUT2D eigenvalue weighted by Crippen LogP contribution is 2.21. The van der Waals surface area contributed by atoms with Crippen LogP contribution in [0.15, 0.2) is 34.2 Å². The van der Waals surface area contributed by atoms with Gasteiger partial charge in [0, 0.05) is 24.4 Å². The van der Waals surface area contributed by atoms with Gasteiger partial charge in [0.05, 0.1) is 6.54 Å². The van der Waals surface area contributed by atoms with Crippen molar-refractivity contribution < 1.29 is 17.7 Å². The number of carbonyl (C=O) groups is 1. The monoisotopic (exact) mass is 404 g/mol. The Morgan fingerprint density at radius 2 is 1.93 bits per heavy atom. The normalized spacial score (nSPS) is 16.5. The molecular weight excluding hydrogens is 380 g/mol. The van der Waals surface area contributed by atoms with Crippen LogP contribution in [0.1, 0.15) is 35.7 Å². The van der Waals surface area contributed by atoms with Crippen LogP contribution in [-0.4, -0.2) is 41.9 Å². The molecule has 0 bridgehead atoms. The SMILES string of the molecule is Cc1ccc(C=CS(=O)(=O)N2CCC(C(=O)NCc3nc(C)no3)CC2)cc1. The fourth-order valence-corrected chi connectivity index (χ4v) is 4.24. The van der Waals surface area contributed by atoms with E-state index in [0.717, 1.165) is 11.1 Å². The topological polar surface area (TPSA) is 105 Å². The predicted molar refractivity (Wildman–Crippen MR) is 104 cm³/mol. The molecule has 28 heavy (non-hydrogen) atoms. The van der Waals surface area contributed by atoms with E-state index in [2.05, 4.69) is 15.5 Å². The minimum atomic E-state index is -3.51. The number of nitrogens with one attached hydrogen (secondary N) is 1. The number of aromatic nitrogens is 2. The van der Waals surface area contributed by atoms with E-state index in [1.54, 1.807) is 13.0 Å². The molecule has 1 saturated heterocycles. The Bertz CT molecular complexity index is 943. The van der Waals surface area contributed by atoms with Crippen LogP contribution in [0, 0.1) is 19.8 Å². The van der Waals surface area contributed by atoms with E-state index in [0.29, 0.717) is 37.6 Å². The summed E-state index contributed by atoms with van der Waals surface area (Å²) in [6.07, 6.45) is 2.55. The molecule has 2 heterocycles. The van der Waals surface area contributed by atoms with E-state index >= 15 is 0 Å². The van der Waals surface area contributed by atoms with E-state index in [-0.39, 0.29) is 18.4 Å². The van der Waals surface area contributed by atoms with Gasteiger partial charge in [-0.05, 0) is 38.3 Å². The van der Waals surface area contributed by atoms with Crippen molar-refractivity contribution in [3.05, 3.63) is 52.5 Å². The van der Waals surface area contributed by atoms with Crippen molar-refractivity contribution in [2.24, 2.45) is 5.92 Å². The molecule has 150 valence electrons. The molecule has 0 saturated carbocycles. The van der Waals surface area contributed by atoms with Crippen LogP contribution >= 0.6 is 0 Å². The third-order valence-corrected chi connectivity index (χ3v) is 6.24. The van der Waals surface area contributed by atoms with Crippen LogP contribution in [-0.2, 0) is 21.4 Å². The van der Waals surface area contributed by atoms with E-state index in [1.807, 2.05) is 31.2 Å². The van der Waals surface area contributed by atoms with Crippen molar-refractivity contribution in [2.75, 3.05) is 13.1 Å². The molecule has 0 aliphatic carbocycles. The molecule has 9 heteroatoms. The van der Waals surface area contributed by atoms with Crippen LogP contribution in [0.3, 0.4) is 0 Å². The number of amides is 1. The van der Waals surface area contributed by atoms with Gasteiger partial charge in [0.2, 0.25) is 21.8 Å². The first kappa shape index (κ1) is 20.2. The zero-order valence-electron chi connectivity index (χ0n) is 16.0. The number of hydrogen-bond donors (Lipinski definition) is 1. The minimum Gasteiger partial charge on any atom is -0.347 e. The second-order valence-electron chi connectivity index (χ2n) is 6.88. The number of nitrogens with zero attached hydrogens (tertiary/aromatic N) is 3. The summed E-state index contributed by atoms with van der Waals surface area (Å²) in [5, 5.41) is 7.67. The van der Waals surface area contributed by atoms with Crippen LogP contribution in [0.4, 0.5) is 0 Å². The summed E-state index contributed by atoms with van der Waals surface area (Å²) < 4.78 is 31.4. The summed E-state index contributed by atoms with van der Waals surface area (Å²) in [5.74, 6) is 0.521. The van der Waals surface area contributed by atoms with Gasteiger partial charge in [-0.1, -0.05) is 35.0 Å². The maximum Gasteiger partial charge on any atom is 0.246 e. The number of piperidine rings is 1. The van der Waals surface area contributed by atoms with E-state index in [9.17, 15) is 13.2 Å². The zero-order valence-corrected chi connectivity index (χ0v) is 16.8. The first-order chi connectivity index (χ1) is 13.3. The molecular formula is C19H24N4O4S. The number of rotatable bonds is 6. The molecule has 0 atom stereocenters. The largest absolute Gasteiger partial charge is 0.347 e. The van der Waals surface area contributed by atoms with Gasteiger partial charge in [0.25, 0.3) is 0 Å². The summed E-state index contributed by atoms with van der Waals surface area (Å²) in [7, 11) is -3.51. The van der Waals surface area contributed by atoms with Crippen molar-refractivity contribution in [2.45, 2.75) is 33.2 Å². The summed E-state index contributed by atoms with van der Waals surface area (Å²) >= 11 is 0. The van der Waals surface area contributed by atoms with Crippen LogP contribution in [0.2, 0.25) is 0 Å². The molecule has 0 unspecified atom stereocenters. The van der Waals surface area contributed by atoms with Gasteiger partial charge in [-0.3, -0.25) is 4.79 Å². The highest BCUT2D eigenvalue weighted by atomic mass is 32.2. The quantitative estimate of drug-likeness (QED) is 0.790. The lowest BCUT2D eigenvalue weighted by Gasteiger charge is -2.29.